The summed E-state index contributed by atoms with van der Waals surface area (Å²) in [7, 11) is 0. The minimum Gasteiger partial charge on any atom is -0.368 e. The fraction of sp³-hybridized carbons (Fsp3) is 0.238. The number of carbonyl (C=O) groups excluding carboxylic acids is 1. The largest absolute Gasteiger partial charge is 0.368 e. The van der Waals surface area contributed by atoms with Crippen molar-refractivity contribution in [1.82, 2.24) is 14.7 Å². The van der Waals surface area contributed by atoms with Gasteiger partial charge in [0.25, 0.3) is 5.91 Å². The van der Waals surface area contributed by atoms with Gasteiger partial charge >= 0.3 is 0 Å². The molecular weight excluding hydrogens is 343 g/mol. The van der Waals surface area contributed by atoms with E-state index in [1.54, 1.807) is 23.0 Å². The van der Waals surface area contributed by atoms with Crippen molar-refractivity contribution in [1.29, 1.82) is 0 Å². The molecule has 0 atom stereocenters. The van der Waals surface area contributed by atoms with Gasteiger partial charge in [-0.1, -0.05) is 18.2 Å². The van der Waals surface area contributed by atoms with E-state index in [-0.39, 0.29) is 11.7 Å². The van der Waals surface area contributed by atoms with Gasteiger partial charge in [0.2, 0.25) is 0 Å². The zero-order valence-corrected chi connectivity index (χ0v) is 15.2. The smallest absolute Gasteiger partial charge is 0.257 e. The average Bonchev–Trinajstić information content (AvgIpc) is 3.10. The maximum atomic E-state index is 13.1. The van der Waals surface area contributed by atoms with Gasteiger partial charge in [0.1, 0.15) is 5.82 Å². The second kappa shape index (κ2) is 7.23. The van der Waals surface area contributed by atoms with Crippen molar-refractivity contribution in [3.63, 3.8) is 0 Å². The lowest BCUT2D eigenvalue weighted by Crippen LogP contribution is -2.48. The minimum atomic E-state index is -0.295. The number of para-hydroxylation sites is 1. The van der Waals surface area contributed by atoms with E-state index < -0.39 is 0 Å². The number of hydrogen-bond acceptors (Lipinski definition) is 3. The number of anilines is 1. The van der Waals surface area contributed by atoms with Gasteiger partial charge in [-0.05, 0) is 43.3 Å². The monoisotopic (exact) mass is 364 g/mol. The summed E-state index contributed by atoms with van der Waals surface area (Å²) in [6.45, 7) is 4.83. The Morgan fingerprint density at radius 3 is 2.26 bits per heavy atom. The van der Waals surface area contributed by atoms with Gasteiger partial charge in [-0.15, -0.1) is 0 Å². The summed E-state index contributed by atoms with van der Waals surface area (Å²) in [5.41, 5.74) is 3.27. The van der Waals surface area contributed by atoms with Crippen molar-refractivity contribution in [2.24, 2.45) is 0 Å². The second-order valence-corrected chi connectivity index (χ2v) is 6.65. The molecule has 0 N–H and O–H groups in total. The number of piperazine rings is 1. The van der Waals surface area contributed by atoms with Gasteiger partial charge in [-0.3, -0.25) is 4.79 Å². The van der Waals surface area contributed by atoms with Crippen LogP contribution in [0.2, 0.25) is 0 Å². The first-order chi connectivity index (χ1) is 13.1. The highest BCUT2D eigenvalue weighted by Gasteiger charge is 2.25. The fourth-order valence-corrected chi connectivity index (χ4v) is 3.44. The van der Waals surface area contributed by atoms with Gasteiger partial charge in [-0.2, -0.15) is 5.10 Å². The third-order valence-electron chi connectivity index (χ3n) is 5.00. The van der Waals surface area contributed by atoms with Crippen LogP contribution in [0.3, 0.4) is 0 Å². The van der Waals surface area contributed by atoms with Crippen LogP contribution in [0.1, 0.15) is 16.1 Å². The third kappa shape index (κ3) is 3.43. The molecule has 3 aromatic rings. The Labute approximate surface area is 157 Å². The lowest BCUT2D eigenvalue weighted by molar-refractivity contribution is 0.0746. The molecule has 0 radical (unpaired) electrons. The average molecular weight is 364 g/mol. The number of carbonyl (C=O) groups is 1. The van der Waals surface area contributed by atoms with Crippen molar-refractivity contribution in [3.05, 3.63) is 77.9 Å². The predicted octanol–water partition coefficient (Wildman–Crippen LogP) is 3.28. The molecule has 1 aliphatic heterocycles. The molecule has 0 unspecified atom stereocenters. The Morgan fingerprint density at radius 2 is 1.59 bits per heavy atom. The molecule has 0 aliphatic carbocycles. The van der Waals surface area contributed by atoms with Gasteiger partial charge in [0, 0.05) is 31.9 Å². The van der Waals surface area contributed by atoms with Crippen LogP contribution in [0.5, 0.6) is 0 Å². The molecule has 2 heterocycles. The van der Waals surface area contributed by atoms with Crippen molar-refractivity contribution < 1.29 is 9.18 Å². The van der Waals surface area contributed by atoms with E-state index in [0.29, 0.717) is 18.7 Å². The lowest BCUT2D eigenvalue weighted by Gasteiger charge is -2.36. The molecule has 1 fully saturated rings. The first kappa shape index (κ1) is 17.3. The maximum Gasteiger partial charge on any atom is 0.257 e. The van der Waals surface area contributed by atoms with E-state index >= 15 is 0 Å². The Kier molecular flexibility index (Phi) is 4.62. The molecule has 0 bridgehead atoms. The van der Waals surface area contributed by atoms with Gasteiger partial charge in [-0.25, -0.2) is 9.07 Å². The quantitative estimate of drug-likeness (QED) is 0.716. The molecule has 1 aromatic heterocycles. The standard InChI is InChI=1S/C21H21FN4O/c1-16-20(15-23-26(16)19-9-7-17(22)8-10-19)21(27)25-13-11-24(12-14-25)18-5-3-2-4-6-18/h2-10,15H,11-14H2,1H3. The van der Waals surface area contributed by atoms with Crippen molar-refractivity contribution in [2.45, 2.75) is 6.92 Å². The Bertz CT molecular complexity index is 929. The molecule has 6 heteroatoms. The van der Waals surface area contributed by atoms with Crippen molar-refractivity contribution in [2.75, 3.05) is 31.1 Å². The normalized spacial score (nSPS) is 14.4. The summed E-state index contributed by atoms with van der Waals surface area (Å²) in [6.07, 6.45) is 1.60. The maximum absolute atomic E-state index is 13.1. The minimum absolute atomic E-state index is 0.00595. The number of nitrogens with zero attached hydrogens (tertiary/aromatic N) is 4. The fourth-order valence-electron chi connectivity index (χ4n) is 3.44. The Balaban J connectivity index is 1.47. The first-order valence-corrected chi connectivity index (χ1v) is 9.03. The highest BCUT2D eigenvalue weighted by molar-refractivity contribution is 5.95. The van der Waals surface area contributed by atoms with E-state index in [1.807, 2.05) is 30.0 Å². The molecule has 0 saturated carbocycles. The number of aromatic nitrogens is 2. The van der Waals surface area contributed by atoms with Crippen molar-refractivity contribution >= 4 is 11.6 Å². The summed E-state index contributed by atoms with van der Waals surface area (Å²) in [4.78, 5) is 17.1. The molecule has 138 valence electrons. The predicted molar refractivity (Wildman–Crippen MR) is 103 cm³/mol. The molecular formula is C21H21FN4O. The van der Waals surface area contributed by atoms with Crippen LogP contribution < -0.4 is 4.90 Å². The van der Waals surface area contributed by atoms with Gasteiger partial charge < -0.3 is 9.80 Å². The van der Waals surface area contributed by atoms with E-state index in [9.17, 15) is 9.18 Å². The van der Waals surface area contributed by atoms with Crippen LogP contribution in [0.4, 0.5) is 10.1 Å². The highest BCUT2D eigenvalue weighted by Crippen LogP contribution is 2.19. The van der Waals surface area contributed by atoms with Gasteiger partial charge in [0.15, 0.2) is 0 Å². The zero-order chi connectivity index (χ0) is 18.8. The van der Waals surface area contributed by atoms with Crippen LogP contribution in [-0.2, 0) is 0 Å². The summed E-state index contributed by atoms with van der Waals surface area (Å²) in [5.74, 6) is -0.301. The van der Waals surface area contributed by atoms with E-state index in [4.69, 9.17) is 0 Å². The molecule has 1 aliphatic rings. The van der Waals surface area contributed by atoms with Crippen LogP contribution in [-0.4, -0.2) is 46.8 Å². The second-order valence-electron chi connectivity index (χ2n) is 6.65. The van der Waals surface area contributed by atoms with Crippen LogP contribution in [0.15, 0.2) is 60.8 Å². The third-order valence-corrected chi connectivity index (χ3v) is 5.00. The number of rotatable bonds is 3. The number of amides is 1. The van der Waals surface area contributed by atoms with Gasteiger partial charge in [0.05, 0.1) is 23.1 Å². The van der Waals surface area contributed by atoms with Crippen LogP contribution in [0, 0.1) is 12.7 Å². The van der Waals surface area contributed by atoms with Crippen molar-refractivity contribution in [3.8, 4) is 5.69 Å². The van der Waals surface area contributed by atoms with Crippen LogP contribution >= 0.6 is 0 Å². The first-order valence-electron chi connectivity index (χ1n) is 9.03. The summed E-state index contributed by atoms with van der Waals surface area (Å²) in [5, 5.41) is 4.33. The zero-order valence-electron chi connectivity index (χ0n) is 15.2. The summed E-state index contributed by atoms with van der Waals surface area (Å²) >= 11 is 0. The molecule has 0 spiro atoms. The number of halogens is 1. The molecule has 1 saturated heterocycles. The summed E-state index contributed by atoms with van der Waals surface area (Å²) < 4.78 is 14.8. The molecule has 4 rings (SSSR count). The topological polar surface area (TPSA) is 41.4 Å². The molecule has 1 amide bonds. The number of hydrogen-bond donors (Lipinski definition) is 0. The Morgan fingerprint density at radius 1 is 0.926 bits per heavy atom. The molecule has 5 nitrogen and oxygen atoms in total. The van der Waals surface area contributed by atoms with Crippen LogP contribution in [0.25, 0.3) is 5.69 Å². The Hall–Kier alpha value is -3.15. The SMILES string of the molecule is Cc1c(C(=O)N2CCN(c3ccccc3)CC2)cnn1-c1ccc(F)cc1. The summed E-state index contributed by atoms with van der Waals surface area (Å²) in [6, 6.07) is 16.3. The van der Waals surface area contributed by atoms with E-state index in [0.717, 1.165) is 24.5 Å². The highest BCUT2D eigenvalue weighted by atomic mass is 19.1. The van der Waals surface area contributed by atoms with E-state index in [2.05, 4.69) is 22.1 Å². The number of benzene rings is 2. The lowest BCUT2D eigenvalue weighted by atomic mass is 10.2. The van der Waals surface area contributed by atoms with E-state index in [1.165, 1.54) is 17.8 Å². The molecule has 27 heavy (non-hydrogen) atoms. The molecule has 2 aromatic carbocycles.